The number of aliphatic carboxylic acids is 1. The van der Waals surface area contributed by atoms with E-state index in [0.717, 1.165) is 31.2 Å². The first-order chi connectivity index (χ1) is 6.25. The summed E-state index contributed by atoms with van der Waals surface area (Å²) < 4.78 is 0. The summed E-state index contributed by atoms with van der Waals surface area (Å²) >= 11 is 0. The molecule has 0 aromatic rings. The number of carboxylic acid groups (broad SMARTS) is 1. The van der Waals surface area contributed by atoms with Crippen LogP contribution in [0.2, 0.25) is 0 Å². The number of carbonyl (C=O) groups is 1. The molecule has 2 aliphatic heterocycles. The van der Waals surface area contributed by atoms with E-state index >= 15 is 0 Å². The summed E-state index contributed by atoms with van der Waals surface area (Å²) in [4.78, 5) is 13.4. The topological polar surface area (TPSA) is 40.5 Å². The van der Waals surface area contributed by atoms with Crippen LogP contribution in [0.3, 0.4) is 0 Å². The van der Waals surface area contributed by atoms with Crippen molar-refractivity contribution in [2.45, 2.75) is 25.3 Å². The van der Waals surface area contributed by atoms with Crippen molar-refractivity contribution in [2.75, 3.05) is 13.1 Å². The van der Waals surface area contributed by atoms with E-state index in [9.17, 15) is 4.79 Å². The zero-order valence-electron chi connectivity index (χ0n) is 7.65. The van der Waals surface area contributed by atoms with Gasteiger partial charge in [0.1, 0.15) is 0 Å². The monoisotopic (exact) mass is 181 g/mol. The van der Waals surface area contributed by atoms with Crippen LogP contribution in [0.1, 0.15) is 19.3 Å². The van der Waals surface area contributed by atoms with E-state index < -0.39 is 5.97 Å². The first-order valence-electron chi connectivity index (χ1n) is 5.22. The third-order valence-corrected chi connectivity index (χ3v) is 4.05. The Hall–Kier alpha value is -0.570. The largest absolute Gasteiger partial charge is 0.481 e. The molecule has 2 heterocycles. The second kappa shape index (κ2) is 2.47. The lowest BCUT2D eigenvalue weighted by Gasteiger charge is -2.34. The van der Waals surface area contributed by atoms with Gasteiger partial charge < -0.3 is 5.11 Å². The molecule has 0 radical (unpaired) electrons. The molecule has 0 bridgehead atoms. The SMILES string of the molecule is O=C(O)C1CCN2C[C@H]3C[C@H]3C2C1. The molecule has 1 N–H and O–H groups in total. The molecule has 13 heavy (non-hydrogen) atoms. The van der Waals surface area contributed by atoms with Crippen LogP contribution in [0.25, 0.3) is 0 Å². The van der Waals surface area contributed by atoms with Crippen molar-refractivity contribution in [3.8, 4) is 0 Å². The van der Waals surface area contributed by atoms with Crippen LogP contribution in [0.15, 0.2) is 0 Å². The van der Waals surface area contributed by atoms with Crippen LogP contribution in [-0.2, 0) is 4.79 Å². The fraction of sp³-hybridized carbons (Fsp3) is 0.900. The van der Waals surface area contributed by atoms with Gasteiger partial charge in [-0.3, -0.25) is 9.69 Å². The highest BCUT2D eigenvalue weighted by molar-refractivity contribution is 5.70. The fourth-order valence-electron chi connectivity index (χ4n) is 3.20. The Morgan fingerprint density at radius 1 is 1.38 bits per heavy atom. The van der Waals surface area contributed by atoms with Gasteiger partial charge in [0.25, 0.3) is 0 Å². The van der Waals surface area contributed by atoms with Crippen LogP contribution in [-0.4, -0.2) is 35.1 Å². The summed E-state index contributed by atoms with van der Waals surface area (Å²) in [6, 6.07) is 0.625. The van der Waals surface area contributed by atoms with Crippen molar-refractivity contribution < 1.29 is 9.90 Å². The van der Waals surface area contributed by atoms with Crippen LogP contribution in [0, 0.1) is 17.8 Å². The van der Waals surface area contributed by atoms with E-state index in [0.29, 0.717) is 6.04 Å². The second-order valence-corrected chi connectivity index (χ2v) is 4.78. The summed E-state index contributed by atoms with van der Waals surface area (Å²) in [6.07, 6.45) is 3.15. The number of hydrogen-bond acceptors (Lipinski definition) is 2. The van der Waals surface area contributed by atoms with E-state index in [1.807, 2.05) is 0 Å². The molecule has 72 valence electrons. The zero-order valence-corrected chi connectivity index (χ0v) is 7.65. The minimum Gasteiger partial charge on any atom is -0.481 e. The van der Waals surface area contributed by atoms with Gasteiger partial charge in [0.2, 0.25) is 0 Å². The van der Waals surface area contributed by atoms with Crippen LogP contribution >= 0.6 is 0 Å². The Labute approximate surface area is 77.7 Å². The smallest absolute Gasteiger partial charge is 0.306 e. The minimum absolute atomic E-state index is 0.0550. The molecule has 0 amide bonds. The summed E-state index contributed by atoms with van der Waals surface area (Å²) in [5.74, 6) is 1.16. The van der Waals surface area contributed by atoms with Crippen LogP contribution < -0.4 is 0 Å². The average Bonchev–Trinajstić information content (AvgIpc) is 2.78. The predicted octanol–water partition coefficient (Wildman–Crippen LogP) is 0.801. The maximum atomic E-state index is 10.8. The van der Waals surface area contributed by atoms with Gasteiger partial charge >= 0.3 is 5.97 Å². The Balaban J connectivity index is 1.72. The van der Waals surface area contributed by atoms with Gasteiger partial charge in [-0.05, 0) is 37.6 Å². The second-order valence-electron chi connectivity index (χ2n) is 4.78. The third-order valence-electron chi connectivity index (χ3n) is 4.05. The molecule has 3 heteroatoms. The number of rotatable bonds is 1. The van der Waals surface area contributed by atoms with Crippen molar-refractivity contribution in [2.24, 2.45) is 17.8 Å². The van der Waals surface area contributed by atoms with Crippen LogP contribution in [0.5, 0.6) is 0 Å². The lowest BCUT2D eigenvalue weighted by atomic mass is 9.90. The molecule has 2 saturated heterocycles. The van der Waals surface area contributed by atoms with Crippen molar-refractivity contribution in [3.05, 3.63) is 0 Å². The molecule has 3 rings (SSSR count). The van der Waals surface area contributed by atoms with Crippen molar-refractivity contribution in [3.63, 3.8) is 0 Å². The van der Waals surface area contributed by atoms with Gasteiger partial charge in [-0.2, -0.15) is 0 Å². The predicted molar refractivity (Wildman–Crippen MR) is 47.3 cm³/mol. The van der Waals surface area contributed by atoms with Crippen molar-refractivity contribution in [1.82, 2.24) is 4.90 Å². The maximum Gasteiger partial charge on any atom is 0.306 e. The third kappa shape index (κ3) is 1.10. The Kier molecular flexibility index (Phi) is 1.48. The molecular formula is C10H15NO2. The molecule has 4 atom stereocenters. The molecule has 3 nitrogen and oxygen atoms in total. The normalized spacial score (nSPS) is 48.3. The standard InChI is InChI=1S/C10H15NO2/c12-10(13)6-1-2-11-5-7-3-8(7)9(11)4-6/h6-9H,1-5H2,(H,12,13)/t6?,7-,8-,9?/m1/s1. The Morgan fingerprint density at radius 2 is 2.23 bits per heavy atom. The van der Waals surface area contributed by atoms with E-state index in [-0.39, 0.29) is 5.92 Å². The average molecular weight is 181 g/mol. The molecule has 0 aromatic carbocycles. The Morgan fingerprint density at radius 3 is 3.00 bits per heavy atom. The molecule has 1 aliphatic carbocycles. The molecular weight excluding hydrogens is 166 g/mol. The van der Waals surface area contributed by atoms with Crippen molar-refractivity contribution in [1.29, 1.82) is 0 Å². The van der Waals surface area contributed by atoms with Crippen LogP contribution in [0.4, 0.5) is 0 Å². The first-order valence-corrected chi connectivity index (χ1v) is 5.22. The minimum atomic E-state index is -0.580. The lowest BCUT2D eigenvalue weighted by molar-refractivity contribution is -0.144. The zero-order chi connectivity index (χ0) is 9.00. The maximum absolute atomic E-state index is 10.8. The van der Waals surface area contributed by atoms with E-state index in [1.54, 1.807) is 0 Å². The number of hydrogen-bond donors (Lipinski definition) is 1. The van der Waals surface area contributed by atoms with Gasteiger partial charge in [-0.15, -0.1) is 0 Å². The number of carboxylic acids is 1. The molecule has 0 aromatic heterocycles. The highest BCUT2D eigenvalue weighted by atomic mass is 16.4. The molecule has 3 aliphatic rings. The van der Waals surface area contributed by atoms with E-state index in [2.05, 4.69) is 4.90 Å². The fourth-order valence-corrected chi connectivity index (χ4v) is 3.20. The first kappa shape index (κ1) is 7.80. The van der Waals surface area contributed by atoms with Gasteiger partial charge in [0.15, 0.2) is 0 Å². The van der Waals surface area contributed by atoms with Gasteiger partial charge in [-0.25, -0.2) is 0 Å². The highest BCUT2D eigenvalue weighted by Gasteiger charge is 2.54. The Bertz CT molecular complexity index is 253. The molecule has 2 unspecified atom stereocenters. The summed E-state index contributed by atoms with van der Waals surface area (Å²) in [5.41, 5.74) is 0. The highest BCUT2D eigenvalue weighted by Crippen LogP contribution is 2.52. The van der Waals surface area contributed by atoms with Gasteiger partial charge in [0, 0.05) is 12.6 Å². The number of piperidine rings is 2. The van der Waals surface area contributed by atoms with Gasteiger partial charge in [-0.1, -0.05) is 0 Å². The molecule has 3 fully saturated rings. The van der Waals surface area contributed by atoms with E-state index in [1.165, 1.54) is 13.0 Å². The lowest BCUT2D eigenvalue weighted by Crippen LogP contribution is -2.42. The summed E-state index contributed by atoms with van der Waals surface area (Å²) in [7, 11) is 0. The molecule has 0 spiro atoms. The number of fused-ring (bicyclic) bond motifs is 3. The quantitative estimate of drug-likeness (QED) is 0.650. The summed E-state index contributed by atoms with van der Waals surface area (Å²) in [6.45, 7) is 2.27. The van der Waals surface area contributed by atoms with E-state index in [4.69, 9.17) is 5.11 Å². The van der Waals surface area contributed by atoms with Crippen molar-refractivity contribution >= 4 is 5.97 Å². The molecule has 1 saturated carbocycles. The number of nitrogens with zero attached hydrogens (tertiary/aromatic N) is 1. The summed E-state index contributed by atoms with van der Waals surface area (Å²) in [5, 5.41) is 8.94. The van der Waals surface area contributed by atoms with Gasteiger partial charge in [0.05, 0.1) is 5.92 Å².